The van der Waals surface area contributed by atoms with Gasteiger partial charge in [-0.25, -0.2) is 4.39 Å². The fourth-order valence-corrected chi connectivity index (χ4v) is 5.27. The zero-order valence-corrected chi connectivity index (χ0v) is 14.7. The van der Waals surface area contributed by atoms with Gasteiger partial charge in [0.2, 0.25) is 0 Å². The monoisotopic (exact) mass is 356 g/mol. The molecule has 0 aromatic heterocycles. The van der Waals surface area contributed by atoms with Crippen molar-refractivity contribution in [1.29, 1.82) is 0 Å². The van der Waals surface area contributed by atoms with Gasteiger partial charge in [-0.3, -0.25) is 0 Å². The molecule has 0 N–H and O–H groups in total. The molecule has 1 aliphatic carbocycles. The van der Waals surface area contributed by atoms with Gasteiger partial charge < -0.3 is 4.74 Å². The van der Waals surface area contributed by atoms with Crippen LogP contribution < -0.4 is 0 Å². The van der Waals surface area contributed by atoms with Crippen molar-refractivity contribution in [2.24, 2.45) is 0 Å². The SMILES string of the molecule is O=S(=O)(N1CCOCC1)N(Cc1ccc(F)cc1)C1CCCCC1. The van der Waals surface area contributed by atoms with Crippen molar-refractivity contribution in [3.63, 3.8) is 0 Å². The average molecular weight is 356 g/mol. The molecule has 0 spiro atoms. The Bertz CT molecular complexity index is 624. The molecule has 7 heteroatoms. The van der Waals surface area contributed by atoms with E-state index in [9.17, 15) is 12.8 Å². The third kappa shape index (κ3) is 4.14. The number of ether oxygens (including phenoxy) is 1. The van der Waals surface area contributed by atoms with Gasteiger partial charge in [0, 0.05) is 25.7 Å². The molecule has 1 saturated heterocycles. The van der Waals surface area contributed by atoms with E-state index < -0.39 is 10.2 Å². The first-order chi connectivity index (χ1) is 11.6. The zero-order chi connectivity index (χ0) is 17.0. The molecule has 0 unspecified atom stereocenters. The Hall–Kier alpha value is -1.02. The van der Waals surface area contributed by atoms with E-state index >= 15 is 0 Å². The number of benzene rings is 1. The lowest BCUT2D eigenvalue weighted by molar-refractivity contribution is 0.0682. The third-order valence-corrected chi connectivity index (χ3v) is 6.86. The van der Waals surface area contributed by atoms with Crippen LogP contribution in [0.2, 0.25) is 0 Å². The van der Waals surface area contributed by atoms with Gasteiger partial charge in [-0.2, -0.15) is 17.0 Å². The number of hydrogen-bond donors (Lipinski definition) is 0. The van der Waals surface area contributed by atoms with Crippen LogP contribution in [0.1, 0.15) is 37.7 Å². The maximum atomic E-state index is 13.2. The lowest BCUT2D eigenvalue weighted by Gasteiger charge is -2.38. The molecule has 3 rings (SSSR count). The highest BCUT2D eigenvalue weighted by Crippen LogP contribution is 2.28. The minimum Gasteiger partial charge on any atom is -0.379 e. The maximum Gasteiger partial charge on any atom is 0.282 e. The summed E-state index contributed by atoms with van der Waals surface area (Å²) in [6.07, 6.45) is 5.07. The standard InChI is InChI=1S/C17H25FN2O3S/c18-16-8-6-15(7-9-16)14-20(17-4-2-1-3-5-17)24(21,22)19-10-12-23-13-11-19/h6-9,17H,1-5,10-14H2. The number of halogens is 1. The highest BCUT2D eigenvalue weighted by atomic mass is 32.2. The number of nitrogens with zero attached hydrogens (tertiary/aromatic N) is 2. The summed E-state index contributed by atoms with van der Waals surface area (Å²) in [5, 5.41) is 0. The van der Waals surface area contributed by atoms with Crippen LogP contribution in [0.15, 0.2) is 24.3 Å². The van der Waals surface area contributed by atoms with Gasteiger partial charge >= 0.3 is 0 Å². The predicted molar refractivity (Wildman–Crippen MR) is 90.1 cm³/mol. The summed E-state index contributed by atoms with van der Waals surface area (Å²) in [5.41, 5.74) is 0.818. The molecule has 0 amide bonds. The van der Waals surface area contributed by atoms with E-state index in [0.29, 0.717) is 32.8 Å². The first kappa shape index (κ1) is 17.8. The number of hydrogen-bond acceptors (Lipinski definition) is 3. The minimum absolute atomic E-state index is 0.0247. The molecule has 134 valence electrons. The summed E-state index contributed by atoms with van der Waals surface area (Å²) >= 11 is 0. The Morgan fingerprint density at radius 3 is 2.33 bits per heavy atom. The average Bonchev–Trinajstić information content (AvgIpc) is 2.62. The van der Waals surface area contributed by atoms with Gasteiger partial charge in [-0.15, -0.1) is 0 Å². The summed E-state index contributed by atoms with van der Waals surface area (Å²) in [6, 6.07) is 6.13. The van der Waals surface area contributed by atoms with Crippen molar-refractivity contribution in [2.45, 2.75) is 44.7 Å². The molecule has 5 nitrogen and oxygen atoms in total. The molecule has 0 radical (unpaired) electrons. The molecule has 2 fully saturated rings. The first-order valence-electron chi connectivity index (χ1n) is 8.66. The molecule has 2 aliphatic rings. The molecule has 1 aliphatic heterocycles. The summed E-state index contributed by atoms with van der Waals surface area (Å²) in [7, 11) is -3.54. The van der Waals surface area contributed by atoms with Crippen molar-refractivity contribution < 1.29 is 17.5 Å². The van der Waals surface area contributed by atoms with Gasteiger partial charge in [0.15, 0.2) is 0 Å². The van der Waals surface area contributed by atoms with Crippen molar-refractivity contribution in [1.82, 2.24) is 8.61 Å². The molecule has 1 heterocycles. The van der Waals surface area contributed by atoms with Crippen LogP contribution in [0.25, 0.3) is 0 Å². The normalized spacial score (nSPS) is 21.2. The van der Waals surface area contributed by atoms with Gasteiger partial charge in [0.1, 0.15) is 5.82 Å². The lowest BCUT2D eigenvalue weighted by Crippen LogP contribution is -2.51. The van der Waals surface area contributed by atoms with E-state index in [4.69, 9.17) is 4.74 Å². The van der Waals surface area contributed by atoms with Crippen molar-refractivity contribution in [3.8, 4) is 0 Å². The number of morpholine rings is 1. The largest absolute Gasteiger partial charge is 0.379 e. The highest BCUT2D eigenvalue weighted by Gasteiger charge is 2.36. The fraction of sp³-hybridized carbons (Fsp3) is 0.647. The maximum absolute atomic E-state index is 13.2. The lowest BCUT2D eigenvalue weighted by atomic mass is 9.95. The Morgan fingerprint density at radius 2 is 1.71 bits per heavy atom. The minimum atomic E-state index is -3.54. The first-order valence-corrected chi connectivity index (χ1v) is 10.1. The molecule has 24 heavy (non-hydrogen) atoms. The molecule has 1 aromatic rings. The van der Waals surface area contributed by atoms with Gasteiger partial charge in [0.05, 0.1) is 13.2 Å². The Balaban J connectivity index is 1.84. The predicted octanol–water partition coefficient (Wildman–Crippen LogP) is 2.54. The number of rotatable bonds is 5. The molecule has 0 atom stereocenters. The Kier molecular flexibility index (Phi) is 5.86. The van der Waals surface area contributed by atoms with E-state index in [1.165, 1.54) is 22.9 Å². The van der Waals surface area contributed by atoms with Crippen LogP contribution in [-0.2, 0) is 21.5 Å². The van der Waals surface area contributed by atoms with Gasteiger partial charge in [-0.1, -0.05) is 31.4 Å². The topological polar surface area (TPSA) is 49.9 Å². The third-order valence-electron chi connectivity index (χ3n) is 4.83. The van der Waals surface area contributed by atoms with Crippen molar-refractivity contribution >= 4 is 10.2 Å². The van der Waals surface area contributed by atoms with E-state index in [-0.39, 0.29) is 11.9 Å². The van der Waals surface area contributed by atoms with E-state index in [0.717, 1.165) is 31.2 Å². The second kappa shape index (κ2) is 7.91. The quantitative estimate of drug-likeness (QED) is 0.815. The highest BCUT2D eigenvalue weighted by molar-refractivity contribution is 7.86. The summed E-state index contributed by atoms with van der Waals surface area (Å²) in [4.78, 5) is 0. The zero-order valence-electron chi connectivity index (χ0n) is 13.9. The van der Waals surface area contributed by atoms with Gasteiger partial charge in [-0.05, 0) is 30.5 Å². The Morgan fingerprint density at radius 1 is 1.08 bits per heavy atom. The van der Waals surface area contributed by atoms with E-state index in [2.05, 4.69) is 0 Å². The van der Waals surface area contributed by atoms with Crippen LogP contribution >= 0.6 is 0 Å². The van der Waals surface area contributed by atoms with Crippen LogP contribution in [0.5, 0.6) is 0 Å². The van der Waals surface area contributed by atoms with Crippen molar-refractivity contribution in [2.75, 3.05) is 26.3 Å². The van der Waals surface area contributed by atoms with Crippen LogP contribution in [0, 0.1) is 5.82 Å². The van der Waals surface area contributed by atoms with Crippen LogP contribution in [0.3, 0.4) is 0 Å². The Labute approximate surface area is 143 Å². The molecular formula is C17H25FN2O3S. The molecule has 1 saturated carbocycles. The van der Waals surface area contributed by atoms with Crippen LogP contribution in [0.4, 0.5) is 4.39 Å². The molecular weight excluding hydrogens is 331 g/mol. The van der Waals surface area contributed by atoms with E-state index in [1.807, 2.05) is 0 Å². The fourth-order valence-electron chi connectivity index (χ4n) is 3.46. The summed E-state index contributed by atoms with van der Waals surface area (Å²) < 4.78 is 47.9. The summed E-state index contributed by atoms with van der Waals surface area (Å²) in [6.45, 7) is 1.97. The molecule has 1 aromatic carbocycles. The van der Waals surface area contributed by atoms with Crippen LogP contribution in [-0.4, -0.2) is 49.4 Å². The summed E-state index contributed by atoms with van der Waals surface area (Å²) in [5.74, 6) is -0.306. The second-order valence-electron chi connectivity index (χ2n) is 6.48. The molecule has 0 bridgehead atoms. The van der Waals surface area contributed by atoms with Gasteiger partial charge in [0.25, 0.3) is 10.2 Å². The van der Waals surface area contributed by atoms with Crippen molar-refractivity contribution in [3.05, 3.63) is 35.6 Å². The van der Waals surface area contributed by atoms with E-state index in [1.54, 1.807) is 16.4 Å². The second-order valence-corrected chi connectivity index (χ2v) is 8.36. The smallest absolute Gasteiger partial charge is 0.282 e.